The SMILES string of the molecule is COC1=C(C)C(=O)C2=C(C1=O)[C@H](COCc1ccccc1)N1C(=O)CN(C(=O)OC(C)C)C(=O)[C@@H]1C2. The van der Waals surface area contributed by atoms with Crippen molar-refractivity contribution in [2.45, 2.75) is 52.0 Å². The summed E-state index contributed by atoms with van der Waals surface area (Å²) in [5.41, 5.74) is 1.23. The zero-order chi connectivity index (χ0) is 26.1. The molecule has 0 spiro atoms. The largest absolute Gasteiger partial charge is 0.492 e. The van der Waals surface area contributed by atoms with Crippen molar-refractivity contribution in [2.75, 3.05) is 20.3 Å². The number of ether oxygens (including phenoxy) is 3. The van der Waals surface area contributed by atoms with E-state index < -0.39 is 54.2 Å². The summed E-state index contributed by atoms with van der Waals surface area (Å²) in [6, 6.07) is 7.16. The Morgan fingerprint density at radius 2 is 1.78 bits per heavy atom. The minimum Gasteiger partial charge on any atom is -0.492 e. The average Bonchev–Trinajstić information content (AvgIpc) is 2.84. The lowest BCUT2D eigenvalue weighted by Crippen LogP contribution is -2.67. The number of hydrogen-bond acceptors (Lipinski definition) is 8. The molecule has 2 heterocycles. The van der Waals surface area contributed by atoms with Gasteiger partial charge in [-0.1, -0.05) is 30.3 Å². The van der Waals surface area contributed by atoms with Gasteiger partial charge in [0.1, 0.15) is 12.6 Å². The third-order valence-electron chi connectivity index (χ3n) is 6.41. The van der Waals surface area contributed by atoms with Crippen molar-refractivity contribution in [3.05, 3.63) is 58.4 Å². The van der Waals surface area contributed by atoms with Crippen LogP contribution in [0.25, 0.3) is 0 Å². The minimum atomic E-state index is -1.15. The summed E-state index contributed by atoms with van der Waals surface area (Å²) in [7, 11) is 1.30. The number of ketones is 2. The molecule has 3 amide bonds. The number of methoxy groups -OCH3 is 1. The summed E-state index contributed by atoms with van der Waals surface area (Å²) in [5.74, 6) is -2.26. The maximum absolute atomic E-state index is 13.4. The van der Waals surface area contributed by atoms with Crippen LogP contribution in [-0.2, 0) is 40.0 Å². The van der Waals surface area contributed by atoms with Crippen molar-refractivity contribution < 1.29 is 38.2 Å². The van der Waals surface area contributed by atoms with E-state index in [2.05, 4.69) is 0 Å². The summed E-state index contributed by atoms with van der Waals surface area (Å²) >= 11 is 0. The summed E-state index contributed by atoms with van der Waals surface area (Å²) in [6.45, 7) is 4.28. The molecule has 1 aliphatic carbocycles. The van der Waals surface area contributed by atoms with Crippen LogP contribution in [0.15, 0.2) is 52.8 Å². The van der Waals surface area contributed by atoms with Gasteiger partial charge in [-0.05, 0) is 26.3 Å². The monoisotopic (exact) mass is 496 g/mol. The van der Waals surface area contributed by atoms with Crippen molar-refractivity contribution in [1.82, 2.24) is 9.80 Å². The van der Waals surface area contributed by atoms with Crippen molar-refractivity contribution in [2.24, 2.45) is 0 Å². The topological polar surface area (TPSA) is 120 Å². The molecule has 2 aliphatic heterocycles. The number of imide groups is 1. The first kappa shape index (κ1) is 25.3. The van der Waals surface area contributed by atoms with E-state index in [0.717, 1.165) is 10.5 Å². The minimum absolute atomic E-state index is 0.0890. The highest BCUT2D eigenvalue weighted by molar-refractivity contribution is 6.25. The fourth-order valence-electron chi connectivity index (χ4n) is 4.80. The zero-order valence-corrected chi connectivity index (χ0v) is 20.6. The third-order valence-corrected chi connectivity index (χ3v) is 6.41. The summed E-state index contributed by atoms with van der Waals surface area (Å²) < 4.78 is 16.2. The van der Waals surface area contributed by atoms with Gasteiger partial charge >= 0.3 is 6.09 Å². The fourth-order valence-corrected chi connectivity index (χ4v) is 4.80. The van der Waals surface area contributed by atoms with Crippen LogP contribution in [0.5, 0.6) is 0 Å². The molecule has 10 nitrogen and oxygen atoms in total. The molecule has 36 heavy (non-hydrogen) atoms. The van der Waals surface area contributed by atoms with Crippen LogP contribution < -0.4 is 0 Å². The molecular weight excluding hydrogens is 468 g/mol. The fraction of sp³-hybridized carbons (Fsp3) is 0.423. The van der Waals surface area contributed by atoms with Gasteiger partial charge in [0.05, 0.1) is 32.5 Å². The van der Waals surface area contributed by atoms with Gasteiger partial charge in [-0.2, -0.15) is 0 Å². The maximum Gasteiger partial charge on any atom is 0.417 e. The van der Waals surface area contributed by atoms with Crippen LogP contribution in [-0.4, -0.2) is 77.7 Å². The molecule has 0 bridgehead atoms. The van der Waals surface area contributed by atoms with Crippen molar-refractivity contribution >= 4 is 29.5 Å². The molecule has 1 aromatic rings. The van der Waals surface area contributed by atoms with E-state index >= 15 is 0 Å². The van der Waals surface area contributed by atoms with Crippen molar-refractivity contribution in [1.29, 1.82) is 0 Å². The predicted octanol–water partition coefficient (Wildman–Crippen LogP) is 1.93. The van der Waals surface area contributed by atoms with Gasteiger partial charge in [0.15, 0.2) is 11.5 Å². The molecule has 3 aliphatic rings. The van der Waals surface area contributed by atoms with Crippen molar-refractivity contribution in [3.63, 3.8) is 0 Å². The second kappa shape index (κ2) is 10.1. The Hall–Kier alpha value is -3.79. The number of allylic oxidation sites excluding steroid dienone is 2. The van der Waals surface area contributed by atoms with Gasteiger partial charge < -0.3 is 19.1 Å². The standard InChI is InChI=1S/C26H28N2O8/c1-14(2)36-26(33)27-11-20(29)28-18(25(27)32)10-17-21(23(31)24(34-4)15(3)22(17)30)19(28)13-35-12-16-8-6-5-7-9-16/h5-9,14,18-19H,10-13H2,1-4H3/t18-,19-/m0/s1. The second-order valence-electron chi connectivity index (χ2n) is 9.10. The second-order valence-corrected chi connectivity index (χ2v) is 9.10. The van der Waals surface area contributed by atoms with Gasteiger partial charge in [0.25, 0.3) is 5.91 Å². The molecule has 2 atom stereocenters. The molecular formula is C26H28N2O8. The van der Waals surface area contributed by atoms with Crippen LogP contribution in [0.2, 0.25) is 0 Å². The first-order valence-electron chi connectivity index (χ1n) is 11.7. The summed E-state index contributed by atoms with van der Waals surface area (Å²) in [4.78, 5) is 67.8. The molecule has 0 aromatic heterocycles. The predicted molar refractivity (Wildman–Crippen MR) is 125 cm³/mol. The van der Waals surface area contributed by atoms with Crippen LogP contribution in [0.4, 0.5) is 4.79 Å². The number of amides is 3. The van der Waals surface area contributed by atoms with E-state index in [0.29, 0.717) is 0 Å². The number of Topliss-reactive ketones (excluding diaryl/α,β-unsaturated/α-hetero) is 2. The Bertz CT molecular complexity index is 1180. The number of nitrogens with zero attached hydrogens (tertiary/aromatic N) is 2. The molecule has 0 N–H and O–H groups in total. The molecule has 0 radical (unpaired) electrons. The van der Waals surface area contributed by atoms with Gasteiger partial charge in [-0.25, -0.2) is 9.69 Å². The molecule has 1 fully saturated rings. The summed E-state index contributed by atoms with van der Waals surface area (Å²) in [5, 5.41) is 0. The highest BCUT2D eigenvalue weighted by Crippen LogP contribution is 2.39. The van der Waals surface area contributed by atoms with Crippen LogP contribution in [0, 0.1) is 0 Å². The van der Waals surface area contributed by atoms with Crippen LogP contribution in [0.3, 0.4) is 0 Å². The van der Waals surface area contributed by atoms with E-state index in [4.69, 9.17) is 14.2 Å². The number of carbonyl (C=O) groups is 5. The van der Waals surface area contributed by atoms with Crippen molar-refractivity contribution in [3.8, 4) is 0 Å². The first-order chi connectivity index (χ1) is 17.1. The number of benzene rings is 1. The Morgan fingerprint density at radius 1 is 1.08 bits per heavy atom. The maximum atomic E-state index is 13.4. The van der Waals surface area contributed by atoms with E-state index in [1.165, 1.54) is 18.9 Å². The van der Waals surface area contributed by atoms with Gasteiger partial charge in [0.2, 0.25) is 11.7 Å². The first-order valence-corrected chi connectivity index (χ1v) is 11.7. The summed E-state index contributed by atoms with van der Waals surface area (Å²) in [6.07, 6.45) is -1.61. The highest BCUT2D eigenvalue weighted by Gasteiger charge is 2.53. The van der Waals surface area contributed by atoms with Crippen LogP contribution in [0.1, 0.15) is 32.8 Å². The third kappa shape index (κ3) is 4.44. The van der Waals surface area contributed by atoms with E-state index in [-0.39, 0.29) is 42.1 Å². The average molecular weight is 497 g/mol. The Balaban J connectivity index is 1.70. The Kier molecular flexibility index (Phi) is 7.07. The van der Waals surface area contributed by atoms with Crippen LogP contribution >= 0.6 is 0 Å². The number of carbonyl (C=O) groups excluding carboxylic acids is 5. The lowest BCUT2D eigenvalue weighted by molar-refractivity contribution is -0.158. The van der Waals surface area contributed by atoms with E-state index in [1.807, 2.05) is 30.3 Å². The zero-order valence-electron chi connectivity index (χ0n) is 20.6. The number of piperazine rings is 1. The van der Waals surface area contributed by atoms with Gasteiger partial charge in [-0.3, -0.25) is 19.2 Å². The number of fused-ring (bicyclic) bond motifs is 1. The van der Waals surface area contributed by atoms with Gasteiger partial charge in [0, 0.05) is 23.1 Å². The molecule has 0 saturated carbocycles. The van der Waals surface area contributed by atoms with E-state index in [1.54, 1.807) is 13.8 Å². The number of rotatable bonds is 6. The molecule has 190 valence electrons. The lowest BCUT2D eigenvalue weighted by atomic mass is 9.77. The molecule has 1 aromatic carbocycles. The van der Waals surface area contributed by atoms with Gasteiger partial charge in [-0.15, -0.1) is 0 Å². The Morgan fingerprint density at radius 3 is 2.42 bits per heavy atom. The normalized spacial score (nSPS) is 22.2. The molecule has 1 saturated heterocycles. The smallest absolute Gasteiger partial charge is 0.417 e. The van der Waals surface area contributed by atoms with E-state index in [9.17, 15) is 24.0 Å². The molecule has 10 heteroatoms. The lowest BCUT2D eigenvalue weighted by Gasteiger charge is -2.47. The Labute approximate surface area is 208 Å². The quantitative estimate of drug-likeness (QED) is 0.548. The number of hydrogen-bond donors (Lipinski definition) is 0. The highest BCUT2D eigenvalue weighted by atomic mass is 16.6. The molecule has 0 unspecified atom stereocenters. The molecule has 4 rings (SSSR count).